The van der Waals surface area contributed by atoms with Gasteiger partial charge in [-0.05, 0) is 41.8 Å². The second-order valence-electron chi connectivity index (χ2n) is 5.67. The van der Waals surface area contributed by atoms with Gasteiger partial charge in [0, 0.05) is 35.2 Å². The molecule has 0 saturated heterocycles. The molecule has 0 atom stereocenters. The molecule has 3 rings (SSSR count). The quantitative estimate of drug-likeness (QED) is 0.463. The van der Waals surface area contributed by atoms with Gasteiger partial charge >= 0.3 is 5.63 Å². The molecule has 2 aromatic carbocycles. The van der Waals surface area contributed by atoms with Crippen LogP contribution >= 0.6 is 15.9 Å². The number of rotatable bonds is 5. The maximum absolute atomic E-state index is 11.4. The minimum Gasteiger partial charge on any atom is -0.423 e. The van der Waals surface area contributed by atoms with Crippen molar-refractivity contribution in [1.29, 1.82) is 0 Å². The lowest BCUT2D eigenvalue weighted by Crippen LogP contribution is -2.18. The molecular weight excluding hydrogens is 366 g/mol. The highest BCUT2D eigenvalue weighted by Crippen LogP contribution is 2.30. The van der Waals surface area contributed by atoms with E-state index >= 15 is 0 Å². The number of hydrogen-bond donors (Lipinski definition) is 0. The van der Waals surface area contributed by atoms with Crippen molar-refractivity contribution in [1.82, 2.24) is 0 Å². The molecule has 0 aliphatic heterocycles. The molecule has 0 aliphatic carbocycles. The third-order valence-corrected chi connectivity index (χ3v) is 4.79. The summed E-state index contributed by atoms with van der Waals surface area (Å²) in [7, 11) is 2.06. The van der Waals surface area contributed by atoms with E-state index in [1.165, 1.54) is 11.6 Å². The molecule has 0 unspecified atom stereocenters. The minimum absolute atomic E-state index is 0.332. The van der Waals surface area contributed by atoms with E-state index in [-0.39, 0.29) is 5.63 Å². The molecule has 24 heavy (non-hydrogen) atoms. The number of hydrogen-bond acceptors (Lipinski definition) is 3. The Bertz CT molecular complexity index is 946. The van der Waals surface area contributed by atoms with Gasteiger partial charge < -0.3 is 9.32 Å². The lowest BCUT2D eigenvalue weighted by Gasteiger charge is -2.24. The SMILES string of the molecule is C=CCc1c(N(C)Cc2ccccc2Br)ccc2oc(=O)ccc12. The number of benzene rings is 2. The van der Waals surface area contributed by atoms with Crippen LogP contribution in [-0.2, 0) is 13.0 Å². The van der Waals surface area contributed by atoms with Gasteiger partial charge in [0.1, 0.15) is 5.58 Å². The Morgan fingerprint density at radius 3 is 2.71 bits per heavy atom. The van der Waals surface area contributed by atoms with Crippen LogP contribution in [0.3, 0.4) is 0 Å². The van der Waals surface area contributed by atoms with Gasteiger partial charge in [-0.3, -0.25) is 0 Å². The molecule has 0 bridgehead atoms. The Hall–Kier alpha value is -2.33. The van der Waals surface area contributed by atoms with E-state index in [9.17, 15) is 4.79 Å². The predicted octanol–water partition coefficient (Wildman–Crippen LogP) is 4.92. The van der Waals surface area contributed by atoms with E-state index in [0.717, 1.165) is 27.7 Å². The summed E-state index contributed by atoms with van der Waals surface area (Å²) in [6.45, 7) is 4.63. The van der Waals surface area contributed by atoms with Crippen molar-refractivity contribution in [2.24, 2.45) is 0 Å². The Kier molecular flexibility index (Phi) is 4.86. The highest BCUT2D eigenvalue weighted by atomic mass is 79.9. The average molecular weight is 384 g/mol. The molecule has 0 fully saturated rings. The number of allylic oxidation sites excluding steroid dienone is 1. The first-order chi connectivity index (χ1) is 11.6. The van der Waals surface area contributed by atoms with Crippen LogP contribution in [0.5, 0.6) is 0 Å². The highest BCUT2D eigenvalue weighted by Gasteiger charge is 2.13. The van der Waals surface area contributed by atoms with Crippen molar-refractivity contribution >= 4 is 32.6 Å². The van der Waals surface area contributed by atoms with Crippen LogP contribution in [0.2, 0.25) is 0 Å². The maximum Gasteiger partial charge on any atom is 0.336 e. The number of fused-ring (bicyclic) bond motifs is 1. The summed E-state index contributed by atoms with van der Waals surface area (Å²) in [4.78, 5) is 13.6. The number of anilines is 1. The van der Waals surface area contributed by atoms with E-state index in [2.05, 4.69) is 40.5 Å². The smallest absolute Gasteiger partial charge is 0.336 e. The summed E-state index contributed by atoms with van der Waals surface area (Å²) in [5.74, 6) is 0. The molecule has 1 aromatic heterocycles. The first kappa shape index (κ1) is 16.5. The Labute approximate surface area is 149 Å². The molecule has 4 heteroatoms. The molecule has 1 heterocycles. The first-order valence-corrected chi connectivity index (χ1v) is 8.50. The van der Waals surface area contributed by atoms with Crippen molar-refractivity contribution in [3.05, 3.63) is 87.2 Å². The molecule has 0 N–H and O–H groups in total. The minimum atomic E-state index is -0.332. The molecular formula is C20H18BrNO2. The van der Waals surface area contributed by atoms with Crippen molar-refractivity contribution in [3.8, 4) is 0 Å². The van der Waals surface area contributed by atoms with Crippen molar-refractivity contribution in [3.63, 3.8) is 0 Å². The van der Waals surface area contributed by atoms with Crippen LogP contribution in [0, 0.1) is 0 Å². The molecule has 0 spiro atoms. The van der Waals surface area contributed by atoms with Gasteiger partial charge in [-0.1, -0.05) is 40.2 Å². The van der Waals surface area contributed by atoms with Gasteiger partial charge in [0.25, 0.3) is 0 Å². The topological polar surface area (TPSA) is 33.5 Å². The Morgan fingerprint density at radius 2 is 1.96 bits per heavy atom. The molecule has 0 saturated carbocycles. The summed E-state index contributed by atoms with van der Waals surface area (Å²) in [6, 6.07) is 15.3. The second-order valence-corrected chi connectivity index (χ2v) is 6.52. The van der Waals surface area contributed by atoms with E-state index in [0.29, 0.717) is 12.0 Å². The fourth-order valence-corrected chi connectivity index (χ4v) is 3.29. The monoisotopic (exact) mass is 383 g/mol. The molecule has 122 valence electrons. The molecule has 0 amide bonds. The van der Waals surface area contributed by atoms with Crippen LogP contribution in [0.25, 0.3) is 11.0 Å². The standard InChI is InChI=1S/C20H18BrNO2/c1-3-6-15-16-9-12-20(23)24-19(16)11-10-18(15)22(2)13-14-7-4-5-8-17(14)21/h3-5,7-12H,1,6,13H2,2H3. The molecule has 0 radical (unpaired) electrons. The number of nitrogens with zero attached hydrogens (tertiary/aromatic N) is 1. The van der Waals surface area contributed by atoms with Crippen molar-refractivity contribution in [2.45, 2.75) is 13.0 Å². The summed E-state index contributed by atoms with van der Waals surface area (Å²) >= 11 is 3.60. The van der Waals surface area contributed by atoms with E-state index in [1.807, 2.05) is 42.5 Å². The zero-order chi connectivity index (χ0) is 17.1. The van der Waals surface area contributed by atoms with E-state index < -0.39 is 0 Å². The Balaban J connectivity index is 2.06. The van der Waals surface area contributed by atoms with E-state index in [1.54, 1.807) is 0 Å². The van der Waals surface area contributed by atoms with Gasteiger partial charge in [-0.25, -0.2) is 4.79 Å². The summed E-state index contributed by atoms with van der Waals surface area (Å²) < 4.78 is 6.40. The number of halogens is 1. The van der Waals surface area contributed by atoms with Gasteiger partial charge in [0.05, 0.1) is 0 Å². The Morgan fingerprint density at radius 1 is 1.17 bits per heavy atom. The summed E-state index contributed by atoms with van der Waals surface area (Å²) in [5, 5.41) is 0.950. The third-order valence-electron chi connectivity index (χ3n) is 4.01. The van der Waals surface area contributed by atoms with Gasteiger partial charge in [-0.15, -0.1) is 6.58 Å². The summed E-state index contributed by atoms with van der Waals surface area (Å²) in [6.07, 6.45) is 2.58. The van der Waals surface area contributed by atoms with Crippen LogP contribution in [0.4, 0.5) is 5.69 Å². The molecule has 0 aliphatic rings. The van der Waals surface area contributed by atoms with Crippen LogP contribution in [0.15, 0.2) is 74.9 Å². The van der Waals surface area contributed by atoms with Crippen molar-refractivity contribution in [2.75, 3.05) is 11.9 Å². The largest absolute Gasteiger partial charge is 0.423 e. The van der Waals surface area contributed by atoms with Crippen LogP contribution < -0.4 is 10.5 Å². The summed E-state index contributed by atoms with van der Waals surface area (Å²) in [5.41, 5.74) is 3.70. The fraction of sp³-hybridized carbons (Fsp3) is 0.150. The molecule has 3 nitrogen and oxygen atoms in total. The second kappa shape index (κ2) is 7.05. The molecule has 3 aromatic rings. The van der Waals surface area contributed by atoms with E-state index in [4.69, 9.17) is 4.42 Å². The van der Waals surface area contributed by atoms with Crippen LogP contribution in [0.1, 0.15) is 11.1 Å². The predicted molar refractivity (Wildman–Crippen MR) is 103 cm³/mol. The average Bonchev–Trinajstić information content (AvgIpc) is 2.57. The van der Waals surface area contributed by atoms with Gasteiger partial charge in [0.2, 0.25) is 0 Å². The fourth-order valence-electron chi connectivity index (χ4n) is 2.88. The maximum atomic E-state index is 11.4. The zero-order valence-electron chi connectivity index (χ0n) is 13.5. The van der Waals surface area contributed by atoms with Crippen molar-refractivity contribution < 1.29 is 4.42 Å². The van der Waals surface area contributed by atoms with Crippen LogP contribution in [-0.4, -0.2) is 7.05 Å². The first-order valence-electron chi connectivity index (χ1n) is 7.71. The third kappa shape index (κ3) is 3.29. The lowest BCUT2D eigenvalue weighted by molar-refractivity contribution is 0.560. The highest BCUT2D eigenvalue weighted by molar-refractivity contribution is 9.10. The van der Waals surface area contributed by atoms with Gasteiger partial charge in [-0.2, -0.15) is 0 Å². The van der Waals surface area contributed by atoms with Gasteiger partial charge in [0.15, 0.2) is 0 Å². The normalized spacial score (nSPS) is 10.8. The zero-order valence-corrected chi connectivity index (χ0v) is 15.0. The lowest BCUT2D eigenvalue weighted by atomic mass is 10.0.